The highest BCUT2D eigenvalue weighted by Crippen LogP contribution is 2.29. The van der Waals surface area contributed by atoms with E-state index in [2.05, 4.69) is 10.2 Å². The Hall–Kier alpha value is -1.38. The van der Waals surface area contributed by atoms with Crippen LogP contribution in [0, 0.1) is 0 Å². The monoisotopic (exact) mass is 383 g/mol. The van der Waals surface area contributed by atoms with Crippen molar-refractivity contribution in [1.29, 1.82) is 0 Å². The molecule has 0 spiro atoms. The zero-order chi connectivity index (χ0) is 19.9. The third-order valence-electron chi connectivity index (χ3n) is 3.68. The number of carbonyl (C=O) groups excluding carboxylic acids is 2. The highest BCUT2D eigenvalue weighted by molar-refractivity contribution is 5.78. The first-order chi connectivity index (χ1) is 12.2. The van der Waals surface area contributed by atoms with Crippen LogP contribution >= 0.6 is 0 Å². The Balaban J connectivity index is 2.98. The van der Waals surface area contributed by atoms with Crippen LogP contribution in [0.1, 0.15) is 20.3 Å². The Morgan fingerprint density at radius 2 is 1.85 bits per heavy atom. The lowest BCUT2D eigenvalue weighted by Crippen LogP contribution is -2.59. The van der Waals surface area contributed by atoms with Gasteiger partial charge in [-0.1, -0.05) is 0 Å². The fraction of sp³-hybridized carbons (Fsp3) is 0.857. The molecule has 1 fully saturated rings. The second kappa shape index (κ2) is 10.1. The summed E-state index contributed by atoms with van der Waals surface area (Å²) in [5.74, 6) is -3.80. The van der Waals surface area contributed by atoms with Crippen LogP contribution < -0.4 is 5.32 Å². The van der Waals surface area contributed by atoms with Gasteiger partial charge in [-0.25, -0.2) is 9.68 Å². The van der Waals surface area contributed by atoms with E-state index in [0.29, 0.717) is 0 Å². The number of ether oxygens (including phenoxy) is 2. The Labute approximate surface area is 149 Å². The van der Waals surface area contributed by atoms with Gasteiger partial charge in [-0.05, 0) is 6.92 Å². The summed E-state index contributed by atoms with van der Waals surface area (Å²) in [6.07, 6.45) is -7.84. The van der Waals surface area contributed by atoms with Crippen LogP contribution in [0.5, 0.6) is 0 Å². The number of aliphatic hydroxyl groups is 5. The minimum atomic E-state index is -2.13. The van der Waals surface area contributed by atoms with Gasteiger partial charge in [-0.3, -0.25) is 4.79 Å². The van der Waals surface area contributed by atoms with Crippen molar-refractivity contribution in [3.8, 4) is 0 Å². The molecule has 12 nitrogen and oxygen atoms in total. The van der Waals surface area contributed by atoms with Gasteiger partial charge in [0.15, 0.2) is 6.79 Å². The summed E-state index contributed by atoms with van der Waals surface area (Å²) in [4.78, 5) is 32.8. The summed E-state index contributed by atoms with van der Waals surface area (Å²) < 4.78 is 9.87. The number of rotatable bonds is 10. The number of aliphatic hydroxyl groups excluding tert-OH is 5. The van der Waals surface area contributed by atoms with E-state index in [0.717, 1.165) is 6.92 Å². The molecule has 0 aromatic heterocycles. The molecule has 6 N–H and O–H groups in total. The van der Waals surface area contributed by atoms with Crippen LogP contribution in [-0.4, -0.2) is 93.7 Å². The van der Waals surface area contributed by atoms with Gasteiger partial charge in [-0.2, -0.15) is 4.89 Å². The fourth-order valence-electron chi connectivity index (χ4n) is 2.37. The highest BCUT2D eigenvalue weighted by Gasteiger charge is 2.52. The molecule has 6 atom stereocenters. The van der Waals surface area contributed by atoms with Gasteiger partial charge in [0.1, 0.15) is 18.3 Å². The summed E-state index contributed by atoms with van der Waals surface area (Å²) in [5.41, 5.74) is 0. The maximum atomic E-state index is 12.1. The molecule has 0 aromatic carbocycles. The SMILES string of the molecule is CCOC(=O)C1(CC(O)[C@@H](NC(C)=O)[C@@H](O)[C@H](O)[C@H](O)CO)OCOO1. The standard InChI is InChI=1S/C14H25NO11/c1-3-23-13(22)14(24-6-25-26-14)4-8(18)10(15-7(2)17)12(21)11(20)9(19)5-16/h8-12,16,18-21H,3-6H2,1-2H3,(H,15,17)/t8?,9-,10-,11-,12-,14?/m1/s1. The van der Waals surface area contributed by atoms with Gasteiger partial charge < -0.3 is 40.3 Å². The molecule has 152 valence electrons. The summed E-state index contributed by atoms with van der Waals surface area (Å²) in [5, 5.41) is 51.0. The molecule has 1 aliphatic rings. The van der Waals surface area contributed by atoms with Crippen LogP contribution in [0.15, 0.2) is 0 Å². The summed E-state index contributed by atoms with van der Waals surface area (Å²) in [6.45, 7) is 1.32. The number of carbonyl (C=O) groups is 2. The van der Waals surface area contributed by atoms with E-state index in [4.69, 9.17) is 19.5 Å². The molecule has 2 unspecified atom stereocenters. The third kappa shape index (κ3) is 5.56. The van der Waals surface area contributed by atoms with Gasteiger partial charge in [0.25, 0.3) is 0 Å². The molecule has 0 aromatic rings. The highest BCUT2D eigenvalue weighted by atomic mass is 17.3. The quantitative estimate of drug-likeness (QED) is 0.162. The average molecular weight is 383 g/mol. The first-order valence-electron chi connectivity index (χ1n) is 7.90. The molecule has 0 aliphatic carbocycles. The first kappa shape index (κ1) is 22.7. The molecule has 1 rings (SSSR count). The second-order valence-corrected chi connectivity index (χ2v) is 5.67. The maximum absolute atomic E-state index is 12.1. The van der Waals surface area contributed by atoms with Crippen LogP contribution in [0.4, 0.5) is 0 Å². The molecule has 1 heterocycles. The van der Waals surface area contributed by atoms with E-state index < -0.39 is 67.9 Å². The number of nitrogens with one attached hydrogen (secondary N) is 1. The Kier molecular flexibility index (Phi) is 8.79. The fourth-order valence-corrected chi connectivity index (χ4v) is 2.37. The van der Waals surface area contributed by atoms with Crippen molar-refractivity contribution in [3.63, 3.8) is 0 Å². The third-order valence-corrected chi connectivity index (χ3v) is 3.68. The number of amides is 1. The van der Waals surface area contributed by atoms with Crippen LogP contribution in [-0.2, 0) is 28.8 Å². The summed E-state index contributed by atoms with van der Waals surface area (Å²) in [6, 6.07) is -1.54. The van der Waals surface area contributed by atoms with Crippen LogP contribution in [0.2, 0.25) is 0 Å². The molecule has 26 heavy (non-hydrogen) atoms. The molecule has 1 saturated heterocycles. The van der Waals surface area contributed by atoms with Gasteiger partial charge in [0.2, 0.25) is 5.91 Å². The van der Waals surface area contributed by atoms with Crippen LogP contribution in [0.25, 0.3) is 0 Å². The van der Waals surface area contributed by atoms with Crippen molar-refractivity contribution in [1.82, 2.24) is 5.32 Å². The predicted molar refractivity (Wildman–Crippen MR) is 80.8 cm³/mol. The number of esters is 1. The number of hydrogen-bond donors (Lipinski definition) is 6. The lowest BCUT2D eigenvalue weighted by molar-refractivity contribution is -0.322. The van der Waals surface area contributed by atoms with Gasteiger partial charge in [-0.15, -0.1) is 0 Å². The topological polar surface area (TPSA) is 184 Å². The molecular weight excluding hydrogens is 358 g/mol. The zero-order valence-electron chi connectivity index (χ0n) is 14.4. The van der Waals surface area contributed by atoms with Crippen molar-refractivity contribution in [2.75, 3.05) is 20.0 Å². The van der Waals surface area contributed by atoms with Crippen molar-refractivity contribution in [2.24, 2.45) is 0 Å². The van der Waals surface area contributed by atoms with E-state index in [1.165, 1.54) is 6.92 Å². The molecule has 1 amide bonds. The summed E-state index contributed by atoms with van der Waals surface area (Å²) >= 11 is 0. The Morgan fingerprint density at radius 1 is 1.19 bits per heavy atom. The van der Waals surface area contributed by atoms with E-state index in [1.54, 1.807) is 0 Å². The molecule has 0 radical (unpaired) electrons. The lowest BCUT2D eigenvalue weighted by atomic mass is 9.92. The molecule has 12 heteroatoms. The van der Waals surface area contributed by atoms with E-state index in [1.807, 2.05) is 0 Å². The molecular formula is C14H25NO11. The van der Waals surface area contributed by atoms with Crippen molar-refractivity contribution in [2.45, 2.75) is 56.5 Å². The molecule has 0 saturated carbocycles. The minimum Gasteiger partial charge on any atom is -0.462 e. The second-order valence-electron chi connectivity index (χ2n) is 5.67. The number of hydrogen-bond acceptors (Lipinski definition) is 11. The van der Waals surface area contributed by atoms with Crippen molar-refractivity contribution < 1.29 is 54.4 Å². The zero-order valence-corrected chi connectivity index (χ0v) is 14.4. The predicted octanol–water partition coefficient (Wildman–Crippen LogP) is -3.49. The van der Waals surface area contributed by atoms with Crippen molar-refractivity contribution >= 4 is 11.9 Å². The van der Waals surface area contributed by atoms with Crippen LogP contribution in [0.3, 0.4) is 0 Å². The average Bonchev–Trinajstić information content (AvgIpc) is 3.07. The van der Waals surface area contributed by atoms with E-state index >= 15 is 0 Å². The Morgan fingerprint density at radius 3 is 2.31 bits per heavy atom. The largest absolute Gasteiger partial charge is 0.462 e. The Bertz CT molecular complexity index is 468. The normalized spacial score (nSPS) is 25.8. The van der Waals surface area contributed by atoms with E-state index in [9.17, 15) is 30.0 Å². The summed E-state index contributed by atoms with van der Waals surface area (Å²) in [7, 11) is 0. The van der Waals surface area contributed by atoms with E-state index in [-0.39, 0.29) is 6.61 Å². The van der Waals surface area contributed by atoms with Gasteiger partial charge >= 0.3 is 11.8 Å². The van der Waals surface area contributed by atoms with Gasteiger partial charge in [0, 0.05) is 13.3 Å². The maximum Gasteiger partial charge on any atom is 0.369 e. The molecule has 0 bridgehead atoms. The first-order valence-corrected chi connectivity index (χ1v) is 7.90. The van der Waals surface area contributed by atoms with Gasteiger partial charge in [0.05, 0.1) is 25.4 Å². The molecule has 1 aliphatic heterocycles. The smallest absolute Gasteiger partial charge is 0.369 e. The van der Waals surface area contributed by atoms with Crippen molar-refractivity contribution in [3.05, 3.63) is 0 Å². The minimum absolute atomic E-state index is 0.0114. The lowest BCUT2D eigenvalue weighted by Gasteiger charge is -2.34.